The number of hydrogen-bond acceptors (Lipinski definition) is 4. The van der Waals surface area contributed by atoms with Crippen LogP contribution >= 0.6 is 0 Å². The molecule has 0 aliphatic heterocycles. The third-order valence-corrected chi connectivity index (χ3v) is 3.00. The maximum Gasteiger partial charge on any atom is 0.122 e. The maximum atomic E-state index is 5.56. The van der Waals surface area contributed by atoms with Crippen molar-refractivity contribution < 1.29 is 14.2 Å². The molecule has 1 N–H and O–H groups in total. The number of hydrogen-bond donors (Lipinski definition) is 1. The van der Waals surface area contributed by atoms with E-state index in [9.17, 15) is 0 Å². The van der Waals surface area contributed by atoms with Crippen LogP contribution in [0.4, 0.5) is 0 Å². The summed E-state index contributed by atoms with van der Waals surface area (Å²) in [5, 5.41) is 3.36. The molecule has 4 heteroatoms. The second-order valence-corrected chi connectivity index (χ2v) is 5.19. The van der Waals surface area contributed by atoms with Crippen LogP contribution in [-0.2, 0) is 11.3 Å². The lowest BCUT2D eigenvalue weighted by Crippen LogP contribution is -2.19. The quantitative estimate of drug-likeness (QED) is 0.669. The van der Waals surface area contributed by atoms with E-state index in [-0.39, 0.29) is 0 Å². The van der Waals surface area contributed by atoms with E-state index >= 15 is 0 Å². The lowest BCUT2D eigenvalue weighted by Gasteiger charge is -2.10. The van der Waals surface area contributed by atoms with Crippen molar-refractivity contribution in [2.45, 2.75) is 26.8 Å². The molecule has 1 rings (SSSR count). The second kappa shape index (κ2) is 9.61. The summed E-state index contributed by atoms with van der Waals surface area (Å²) in [6, 6.07) is 5.89. The van der Waals surface area contributed by atoms with Gasteiger partial charge >= 0.3 is 0 Å². The van der Waals surface area contributed by atoms with Gasteiger partial charge in [-0.05, 0) is 30.0 Å². The number of rotatable bonds is 10. The Morgan fingerprint density at radius 3 is 2.20 bits per heavy atom. The molecule has 0 aliphatic carbocycles. The minimum absolute atomic E-state index is 0.701. The second-order valence-electron chi connectivity index (χ2n) is 5.19. The first-order chi connectivity index (χ1) is 9.65. The molecule has 0 saturated heterocycles. The van der Waals surface area contributed by atoms with Crippen molar-refractivity contribution in [1.29, 1.82) is 0 Å². The highest BCUT2D eigenvalue weighted by atomic mass is 16.5. The van der Waals surface area contributed by atoms with E-state index in [1.54, 1.807) is 14.2 Å². The van der Waals surface area contributed by atoms with Crippen molar-refractivity contribution in [2.75, 3.05) is 34.0 Å². The van der Waals surface area contributed by atoms with Crippen LogP contribution in [0.3, 0.4) is 0 Å². The first-order valence-corrected chi connectivity index (χ1v) is 7.16. The standard InChI is InChI=1S/C16H27NO3/c1-13(2)5-7-20-8-6-17-12-14-9-15(18-3)11-16(10-14)19-4/h9-11,13,17H,5-8,12H2,1-4H3. The largest absolute Gasteiger partial charge is 0.497 e. The number of ether oxygens (including phenoxy) is 3. The normalized spacial score (nSPS) is 10.8. The van der Waals surface area contributed by atoms with Crippen LogP contribution in [0.5, 0.6) is 11.5 Å². The van der Waals surface area contributed by atoms with Gasteiger partial charge in [-0.3, -0.25) is 0 Å². The Morgan fingerprint density at radius 2 is 1.65 bits per heavy atom. The van der Waals surface area contributed by atoms with Gasteiger partial charge in [-0.25, -0.2) is 0 Å². The predicted octanol–water partition coefficient (Wildman–Crippen LogP) is 2.86. The molecular formula is C16H27NO3. The third-order valence-electron chi connectivity index (χ3n) is 3.00. The first-order valence-electron chi connectivity index (χ1n) is 7.16. The summed E-state index contributed by atoms with van der Waals surface area (Å²) in [6.45, 7) is 7.62. The van der Waals surface area contributed by atoms with Gasteiger partial charge in [0, 0.05) is 25.8 Å². The summed E-state index contributed by atoms with van der Waals surface area (Å²) in [7, 11) is 3.32. The molecule has 0 aliphatic rings. The number of benzene rings is 1. The van der Waals surface area contributed by atoms with E-state index in [2.05, 4.69) is 19.2 Å². The third kappa shape index (κ3) is 6.78. The highest BCUT2D eigenvalue weighted by Crippen LogP contribution is 2.22. The van der Waals surface area contributed by atoms with Gasteiger partial charge in [0.1, 0.15) is 11.5 Å². The van der Waals surface area contributed by atoms with Crippen molar-refractivity contribution in [3.63, 3.8) is 0 Å². The fourth-order valence-electron chi connectivity index (χ4n) is 1.77. The zero-order chi connectivity index (χ0) is 14.8. The van der Waals surface area contributed by atoms with E-state index < -0.39 is 0 Å². The predicted molar refractivity (Wildman–Crippen MR) is 81.5 cm³/mol. The molecular weight excluding hydrogens is 254 g/mol. The molecule has 4 nitrogen and oxygen atoms in total. The van der Waals surface area contributed by atoms with Crippen molar-refractivity contribution in [3.05, 3.63) is 23.8 Å². The zero-order valence-corrected chi connectivity index (χ0v) is 13.1. The molecule has 0 unspecified atom stereocenters. The molecule has 1 aromatic carbocycles. The van der Waals surface area contributed by atoms with Gasteiger partial charge < -0.3 is 19.5 Å². The van der Waals surface area contributed by atoms with Crippen LogP contribution in [0.1, 0.15) is 25.8 Å². The van der Waals surface area contributed by atoms with Crippen LogP contribution < -0.4 is 14.8 Å². The minimum Gasteiger partial charge on any atom is -0.497 e. The minimum atomic E-state index is 0.701. The Morgan fingerprint density at radius 1 is 1.00 bits per heavy atom. The molecule has 0 radical (unpaired) electrons. The highest BCUT2D eigenvalue weighted by Gasteiger charge is 2.01. The van der Waals surface area contributed by atoms with Crippen LogP contribution in [0, 0.1) is 5.92 Å². The average Bonchev–Trinajstić information content (AvgIpc) is 2.45. The van der Waals surface area contributed by atoms with Gasteiger partial charge in [0.05, 0.1) is 20.8 Å². The molecule has 0 amide bonds. The van der Waals surface area contributed by atoms with Crippen molar-refractivity contribution in [1.82, 2.24) is 5.32 Å². The molecule has 0 fully saturated rings. The van der Waals surface area contributed by atoms with Gasteiger partial charge in [0.2, 0.25) is 0 Å². The molecule has 0 saturated carbocycles. The van der Waals surface area contributed by atoms with Crippen LogP contribution in [0.15, 0.2) is 18.2 Å². The molecule has 114 valence electrons. The van der Waals surface area contributed by atoms with E-state index in [1.807, 2.05) is 18.2 Å². The van der Waals surface area contributed by atoms with Gasteiger partial charge in [-0.2, -0.15) is 0 Å². The Balaban J connectivity index is 2.24. The molecule has 1 aromatic rings. The van der Waals surface area contributed by atoms with E-state index in [0.29, 0.717) is 5.92 Å². The lowest BCUT2D eigenvalue weighted by molar-refractivity contribution is 0.125. The summed E-state index contributed by atoms with van der Waals surface area (Å²) in [6.07, 6.45) is 1.12. The summed E-state index contributed by atoms with van der Waals surface area (Å²) in [4.78, 5) is 0. The van der Waals surface area contributed by atoms with Crippen molar-refractivity contribution in [3.8, 4) is 11.5 Å². The van der Waals surface area contributed by atoms with Crippen LogP contribution in [-0.4, -0.2) is 34.0 Å². The summed E-state index contributed by atoms with van der Waals surface area (Å²) in [5.41, 5.74) is 1.14. The van der Waals surface area contributed by atoms with Crippen molar-refractivity contribution >= 4 is 0 Å². The van der Waals surface area contributed by atoms with Gasteiger partial charge in [0.25, 0.3) is 0 Å². The van der Waals surface area contributed by atoms with Crippen molar-refractivity contribution in [2.24, 2.45) is 5.92 Å². The van der Waals surface area contributed by atoms with Gasteiger partial charge in [-0.15, -0.1) is 0 Å². The van der Waals surface area contributed by atoms with Crippen LogP contribution in [0.25, 0.3) is 0 Å². The topological polar surface area (TPSA) is 39.7 Å². The Kier molecular flexibility index (Phi) is 8.07. The summed E-state index contributed by atoms with van der Waals surface area (Å²) < 4.78 is 16.1. The average molecular weight is 281 g/mol. The molecule has 0 bridgehead atoms. The van der Waals surface area contributed by atoms with Gasteiger partial charge in [-0.1, -0.05) is 13.8 Å². The number of methoxy groups -OCH3 is 2. The Bertz CT molecular complexity index is 358. The van der Waals surface area contributed by atoms with E-state index in [0.717, 1.165) is 49.8 Å². The van der Waals surface area contributed by atoms with E-state index in [4.69, 9.17) is 14.2 Å². The first kappa shape index (κ1) is 16.8. The monoisotopic (exact) mass is 281 g/mol. The Hall–Kier alpha value is -1.26. The summed E-state index contributed by atoms with van der Waals surface area (Å²) >= 11 is 0. The van der Waals surface area contributed by atoms with Crippen LogP contribution in [0.2, 0.25) is 0 Å². The SMILES string of the molecule is COc1cc(CNCCOCCC(C)C)cc(OC)c1. The fraction of sp³-hybridized carbons (Fsp3) is 0.625. The smallest absolute Gasteiger partial charge is 0.122 e. The summed E-state index contributed by atoms with van der Waals surface area (Å²) in [5.74, 6) is 2.33. The molecule has 0 aromatic heterocycles. The fourth-order valence-corrected chi connectivity index (χ4v) is 1.77. The highest BCUT2D eigenvalue weighted by molar-refractivity contribution is 5.38. The Labute approximate surface area is 122 Å². The lowest BCUT2D eigenvalue weighted by atomic mass is 10.1. The molecule has 0 spiro atoms. The number of nitrogens with one attached hydrogen (secondary N) is 1. The van der Waals surface area contributed by atoms with E-state index in [1.165, 1.54) is 0 Å². The molecule has 20 heavy (non-hydrogen) atoms. The molecule has 0 atom stereocenters. The zero-order valence-electron chi connectivity index (χ0n) is 13.1. The maximum absolute atomic E-state index is 5.56. The van der Waals surface area contributed by atoms with Gasteiger partial charge in [0.15, 0.2) is 0 Å². The molecule has 0 heterocycles.